The molecule has 2 N–H and O–H groups in total. The summed E-state index contributed by atoms with van der Waals surface area (Å²) in [6.07, 6.45) is 0. The maximum absolute atomic E-state index is 6.09. The molecule has 110 valence electrons. The average molecular weight is 380 g/mol. The van der Waals surface area contributed by atoms with Gasteiger partial charge in [-0.2, -0.15) is 0 Å². The molecule has 21 heavy (non-hydrogen) atoms. The van der Waals surface area contributed by atoms with Crippen molar-refractivity contribution in [1.29, 1.82) is 0 Å². The molecule has 0 heterocycles. The highest BCUT2D eigenvalue weighted by Gasteiger charge is 2.08. The van der Waals surface area contributed by atoms with Gasteiger partial charge in [-0.05, 0) is 49.0 Å². The summed E-state index contributed by atoms with van der Waals surface area (Å²) in [5.74, 6) is 0. The molecule has 0 fully saturated rings. The van der Waals surface area contributed by atoms with E-state index in [4.69, 9.17) is 58.6 Å². The van der Waals surface area contributed by atoms with E-state index in [1.165, 1.54) is 0 Å². The molecule has 0 saturated heterocycles. The number of thiocarbonyl (C=S) groups is 1. The minimum Gasteiger partial charge on any atom is -0.332 e. The van der Waals surface area contributed by atoms with Gasteiger partial charge in [0.05, 0.1) is 20.8 Å². The average Bonchev–Trinajstić information content (AvgIpc) is 2.40. The van der Waals surface area contributed by atoms with Crippen LogP contribution in [0.3, 0.4) is 0 Å². The summed E-state index contributed by atoms with van der Waals surface area (Å²) in [6.45, 7) is 1.95. The lowest BCUT2D eigenvalue weighted by Crippen LogP contribution is -2.19. The van der Waals surface area contributed by atoms with Crippen molar-refractivity contribution in [3.05, 3.63) is 56.0 Å². The van der Waals surface area contributed by atoms with E-state index in [-0.39, 0.29) is 0 Å². The van der Waals surface area contributed by atoms with Crippen LogP contribution in [0, 0.1) is 6.92 Å². The van der Waals surface area contributed by atoms with Crippen molar-refractivity contribution in [2.24, 2.45) is 0 Å². The van der Waals surface area contributed by atoms with Crippen LogP contribution in [0.5, 0.6) is 0 Å². The molecule has 0 atom stereocenters. The van der Waals surface area contributed by atoms with Crippen LogP contribution in [0.4, 0.5) is 11.4 Å². The molecule has 0 bridgehead atoms. The zero-order valence-corrected chi connectivity index (χ0v) is 14.6. The van der Waals surface area contributed by atoms with Gasteiger partial charge in [0.25, 0.3) is 0 Å². The van der Waals surface area contributed by atoms with Crippen LogP contribution in [0.15, 0.2) is 30.3 Å². The summed E-state index contributed by atoms with van der Waals surface area (Å²) in [7, 11) is 0. The fourth-order valence-corrected chi connectivity index (χ4v) is 2.61. The van der Waals surface area contributed by atoms with E-state index in [2.05, 4.69) is 10.6 Å². The van der Waals surface area contributed by atoms with Crippen LogP contribution < -0.4 is 10.6 Å². The Hall–Kier alpha value is -0.710. The SMILES string of the molecule is Cc1ccc(Cl)cc1NC(=S)Nc1cc(Cl)c(Cl)cc1Cl. The van der Waals surface area contributed by atoms with Gasteiger partial charge in [-0.25, -0.2) is 0 Å². The molecule has 0 spiro atoms. The Morgan fingerprint density at radius 1 is 0.857 bits per heavy atom. The Kier molecular flexibility index (Phi) is 5.58. The van der Waals surface area contributed by atoms with Crippen molar-refractivity contribution in [2.75, 3.05) is 10.6 Å². The van der Waals surface area contributed by atoms with E-state index in [0.717, 1.165) is 11.3 Å². The Balaban J connectivity index is 2.15. The number of anilines is 2. The lowest BCUT2D eigenvalue weighted by molar-refractivity contribution is 1.45. The van der Waals surface area contributed by atoms with Crippen molar-refractivity contribution in [3.63, 3.8) is 0 Å². The van der Waals surface area contributed by atoms with Crippen molar-refractivity contribution >= 4 is 75.1 Å². The van der Waals surface area contributed by atoms with Gasteiger partial charge in [0.1, 0.15) is 0 Å². The number of rotatable bonds is 2. The highest BCUT2D eigenvalue weighted by Crippen LogP contribution is 2.32. The number of halogens is 4. The van der Waals surface area contributed by atoms with Crippen LogP contribution >= 0.6 is 58.6 Å². The summed E-state index contributed by atoms with van der Waals surface area (Å²) in [4.78, 5) is 0. The largest absolute Gasteiger partial charge is 0.332 e. The van der Waals surface area contributed by atoms with Crippen molar-refractivity contribution in [3.8, 4) is 0 Å². The molecule has 0 aliphatic rings. The van der Waals surface area contributed by atoms with E-state index in [1.807, 2.05) is 19.1 Å². The highest BCUT2D eigenvalue weighted by molar-refractivity contribution is 7.80. The van der Waals surface area contributed by atoms with Crippen molar-refractivity contribution in [2.45, 2.75) is 6.92 Å². The van der Waals surface area contributed by atoms with Gasteiger partial charge >= 0.3 is 0 Å². The maximum atomic E-state index is 6.09. The predicted octanol–water partition coefficient (Wildman–Crippen LogP) is 6.42. The number of nitrogens with one attached hydrogen (secondary N) is 2. The van der Waals surface area contributed by atoms with Crippen LogP contribution in [-0.4, -0.2) is 5.11 Å². The molecule has 0 aliphatic carbocycles. The van der Waals surface area contributed by atoms with E-state index in [9.17, 15) is 0 Å². The fourth-order valence-electron chi connectivity index (χ4n) is 1.62. The third-order valence-electron chi connectivity index (χ3n) is 2.71. The standard InChI is InChI=1S/C14H10Cl4N2S/c1-7-2-3-8(15)4-12(7)19-14(21)20-13-6-10(17)9(16)5-11(13)18/h2-6H,1H3,(H2,19,20,21). The summed E-state index contributed by atoms with van der Waals surface area (Å²) in [5.41, 5.74) is 2.41. The van der Waals surface area contributed by atoms with E-state index < -0.39 is 0 Å². The lowest BCUT2D eigenvalue weighted by Gasteiger charge is -2.14. The predicted molar refractivity (Wildman–Crippen MR) is 97.5 cm³/mol. The van der Waals surface area contributed by atoms with Gasteiger partial charge in [0.2, 0.25) is 0 Å². The molecule has 0 saturated carbocycles. The molecule has 7 heteroatoms. The lowest BCUT2D eigenvalue weighted by atomic mass is 10.2. The van der Waals surface area contributed by atoms with E-state index >= 15 is 0 Å². The summed E-state index contributed by atoms with van der Waals surface area (Å²) in [5, 5.41) is 8.24. The van der Waals surface area contributed by atoms with Crippen LogP contribution in [0.2, 0.25) is 20.1 Å². The number of aryl methyl sites for hydroxylation is 1. The van der Waals surface area contributed by atoms with Gasteiger partial charge < -0.3 is 10.6 Å². The zero-order chi connectivity index (χ0) is 15.6. The third kappa shape index (κ3) is 4.38. The first kappa shape index (κ1) is 16.7. The van der Waals surface area contributed by atoms with Crippen LogP contribution in [0.1, 0.15) is 5.56 Å². The molecule has 2 rings (SSSR count). The maximum Gasteiger partial charge on any atom is 0.175 e. The second-order valence-electron chi connectivity index (χ2n) is 4.28. The second-order valence-corrected chi connectivity index (χ2v) is 6.35. The molecule has 2 nitrogen and oxygen atoms in total. The van der Waals surface area contributed by atoms with Crippen molar-refractivity contribution < 1.29 is 0 Å². The van der Waals surface area contributed by atoms with Gasteiger partial charge in [0.15, 0.2) is 5.11 Å². The molecule has 0 amide bonds. The Labute approximate surface area is 148 Å². The topological polar surface area (TPSA) is 24.1 Å². The van der Waals surface area contributed by atoms with Gasteiger partial charge in [-0.15, -0.1) is 0 Å². The van der Waals surface area contributed by atoms with Crippen LogP contribution in [-0.2, 0) is 0 Å². The molecule has 0 aliphatic heterocycles. The third-order valence-corrected chi connectivity index (χ3v) is 4.18. The van der Waals surface area contributed by atoms with Gasteiger partial charge in [-0.1, -0.05) is 52.5 Å². The molecular weight excluding hydrogens is 370 g/mol. The molecule has 2 aromatic carbocycles. The Morgan fingerprint density at radius 2 is 1.48 bits per heavy atom. The highest BCUT2D eigenvalue weighted by atomic mass is 35.5. The molecular formula is C14H10Cl4N2S. The molecule has 0 radical (unpaired) electrons. The normalized spacial score (nSPS) is 10.3. The fraction of sp³-hybridized carbons (Fsp3) is 0.0714. The minimum atomic E-state index is 0.376. The molecule has 2 aromatic rings. The number of hydrogen-bond donors (Lipinski definition) is 2. The number of hydrogen-bond acceptors (Lipinski definition) is 1. The minimum absolute atomic E-state index is 0.376. The molecule has 0 unspecified atom stereocenters. The first-order valence-electron chi connectivity index (χ1n) is 5.85. The quantitative estimate of drug-likeness (QED) is 0.465. The summed E-state index contributed by atoms with van der Waals surface area (Å²) < 4.78 is 0. The second kappa shape index (κ2) is 7.03. The first-order valence-corrected chi connectivity index (χ1v) is 7.77. The smallest absolute Gasteiger partial charge is 0.175 e. The van der Waals surface area contributed by atoms with Gasteiger partial charge in [-0.3, -0.25) is 0 Å². The van der Waals surface area contributed by atoms with E-state index in [1.54, 1.807) is 18.2 Å². The van der Waals surface area contributed by atoms with E-state index in [0.29, 0.717) is 30.9 Å². The summed E-state index contributed by atoms with van der Waals surface area (Å²) >= 11 is 29.2. The van der Waals surface area contributed by atoms with Crippen molar-refractivity contribution in [1.82, 2.24) is 0 Å². The first-order chi connectivity index (χ1) is 9.86. The van der Waals surface area contributed by atoms with Crippen LogP contribution in [0.25, 0.3) is 0 Å². The monoisotopic (exact) mass is 378 g/mol. The summed E-state index contributed by atoms with van der Waals surface area (Å²) in [6, 6.07) is 8.68. The zero-order valence-electron chi connectivity index (χ0n) is 10.8. The molecule has 0 aromatic heterocycles. The Morgan fingerprint density at radius 3 is 2.19 bits per heavy atom. The van der Waals surface area contributed by atoms with Gasteiger partial charge in [0, 0.05) is 10.7 Å². The number of benzene rings is 2. The Bertz CT molecular complexity index is 704.